The molecule has 62 valence electrons. The Bertz CT molecular complexity index is 398. The molecule has 0 aliphatic heterocycles. The fraction of sp³-hybridized carbons (Fsp3) is 0.167. The van der Waals surface area contributed by atoms with Crippen LogP contribution in [0.2, 0.25) is 0 Å². The van der Waals surface area contributed by atoms with Crippen molar-refractivity contribution in [3.05, 3.63) is 34.8 Å². The summed E-state index contributed by atoms with van der Waals surface area (Å²) in [6, 6.07) is 1.80. The van der Waals surface area contributed by atoms with Crippen LogP contribution in [0.15, 0.2) is 23.4 Å². The number of hydrogen-bond acceptors (Lipinski definition) is 3. The van der Waals surface area contributed by atoms with Gasteiger partial charge in [-0.05, 0) is 6.07 Å². The molecule has 0 atom stereocenters. The first kappa shape index (κ1) is 6.84. The molecule has 2 aromatic heterocycles. The predicted molar refractivity (Wildman–Crippen MR) is 40.5 cm³/mol. The highest BCUT2D eigenvalue weighted by atomic mass is 16.1. The van der Waals surface area contributed by atoms with Crippen LogP contribution in [0, 0.1) is 0 Å². The molecule has 0 saturated carbocycles. The van der Waals surface area contributed by atoms with Crippen LogP contribution in [0.4, 0.5) is 0 Å². The molecule has 2 rings (SSSR count). The third-order valence-electron chi connectivity index (χ3n) is 1.52. The minimum atomic E-state index is -0.218. The number of aromatic amines is 2. The van der Waals surface area contributed by atoms with E-state index in [1.807, 2.05) is 0 Å². The lowest BCUT2D eigenvalue weighted by atomic mass is 10.4. The second-order valence-electron chi connectivity index (χ2n) is 2.37. The van der Waals surface area contributed by atoms with Crippen LogP contribution in [-0.4, -0.2) is 25.0 Å². The lowest BCUT2D eigenvalue weighted by molar-refractivity contribution is 0.737. The van der Waals surface area contributed by atoms with Gasteiger partial charge < -0.3 is 0 Å². The summed E-state index contributed by atoms with van der Waals surface area (Å²) in [6.07, 6.45) is 3.09. The zero-order valence-electron chi connectivity index (χ0n) is 6.19. The Morgan fingerprint density at radius 1 is 1.42 bits per heavy atom. The zero-order chi connectivity index (χ0) is 8.39. The van der Waals surface area contributed by atoms with E-state index in [-0.39, 0.29) is 5.69 Å². The summed E-state index contributed by atoms with van der Waals surface area (Å²) in [6.45, 7) is 0.468. The maximum atomic E-state index is 11.0. The first-order valence-corrected chi connectivity index (χ1v) is 3.44. The van der Waals surface area contributed by atoms with E-state index in [9.17, 15) is 4.79 Å². The summed E-state index contributed by atoms with van der Waals surface area (Å²) >= 11 is 0. The summed E-state index contributed by atoms with van der Waals surface area (Å²) in [5, 5.41) is 12.4. The maximum absolute atomic E-state index is 11.0. The van der Waals surface area contributed by atoms with Gasteiger partial charge in [-0.15, -0.1) is 0 Å². The third kappa shape index (κ3) is 1.14. The van der Waals surface area contributed by atoms with Gasteiger partial charge in [-0.2, -0.15) is 10.2 Å². The number of hydrogen-bond donors (Lipinski definition) is 2. The van der Waals surface area contributed by atoms with Gasteiger partial charge in [0.2, 0.25) is 0 Å². The van der Waals surface area contributed by atoms with E-state index in [0.717, 1.165) is 5.69 Å². The Labute approximate surface area is 67.2 Å². The van der Waals surface area contributed by atoms with Gasteiger partial charge in [-0.25, -0.2) is 9.89 Å². The van der Waals surface area contributed by atoms with Crippen molar-refractivity contribution in [1.82, 2.24) is 25.0 Å². The number of H-pyrrole nitrogens is 2. The molecule has 0 amide bonds. The second-order valence-corrected chi connectivity index (χ2v) is 2.37. The molecule has 2 N–H and O–H groups in total. The molecule has 6 heteroatoms. The molecular formula is C6H7N5O. The van der Waals surface area contributed by atoms with Crippen LogP contribution in [-0.2, 0) is 6.54 Å². The Morgan fingerprint density at radius 3 is 2.92 bits per heavy atom. The van der Waals surface area contributed by atoms with Crippen molar-refractivity contribution in [3.8, 4) is 0 Å². The molecule has 0 aliphatic rings. The summed E-state index contributed by atoms with van der Waals surface area (Å²) in [5.74, 6) is 0. The first-order chi connectivity index (χ1) is 5.86. The second kappa shape index (κ2) is 2.65. The van der Waals surface area contributed by atoms with Gasteiger partial charge >= 0.3 is 5.69 Å². The van der Waals surface area contributed by atoms with Crippen LogP contribution in [0.5, 0.6) is 0 Å². The number of rotatable bonds is 2. The van der Waals surface area contributed by atoms with Crippen molar-refractivity contribution < 1.29 is 0 Å². The van der Waals surface area contributed by atoms with Crippen molar-refractivity contribution in [1.29, 1.82) is 0 Å². The Balaban J connectivity index is 2.25. The topological polar surface area (TPSA) is 79.4 Å². The van der Waals surface area contributed by atoms with Crippen LogP contribution < -0.4 is 5.69 Å². The molecule has 12 heavy (non-hydrogen) atoms. The standard InChI is InChI=1S/C6H7N5O/c12-6-10-8-4-11(6)3-5-1-2-7-9-5/h1-2,4H,3H2,(H,7,9)(H,10,12). The van der Waals surface area contributed by atoms with E-state index >= 15 is 0 Å². The van der Waals surface area contributed by atoms with Crippen molar-refractivity contribution in [3.63, 3.8) is 0 Å². The fourth-order valence-electron chi connectivity index (χ4n) is 0.939. The number of nitrogens with zero attached hydrogens (tertiary/aromatic N) is 3. The largest absolute Gasteiger partial charge is 0.343 e. The van der Waals surface area contributed by atoms with Crippen molar-refractivity contribution in [2.45, 2.75) is 6.54 Å². The van der Waals surface area contributed by atoms with Gasteiger partial charge in [0, 0.05) is 6.20 Å². The Morgan fingerprint density at radius 2 is 2.33 bits per heavy atom. The summed E-state index contributed by atoms with van der Waals surface area (Å²) in [5.41, 5.74) is 0.656. The van der Waals surface area contributed by atoms with Gasteiger partial charge in [0.1, 0.15) is 6.33 Å². The van der Waals surface area contributed by atoms with Gasteiger partial charge in [-0.3, -0.25) is 9.67 Å². The molecule has 0 spiro atoms. The van der Waals surface area contributed by atoms with Crippen LogP contribution in [0.3, 0.4) is 0 Å². The zero-order valence-corrected chi connectivity index (χ0v) is 6.19. The van der Waals surface area contributed by atoms with Crippen LogP contribution >= 0.6 is 0 Å². The lowest BCUT2D eigenvalue weighted by Gasteiger charge is -1.94. The van der Waals surface area contributed by atoms with Gasteiger partial charge in [0.15, 0.2) is 0 Å². The quantitative estimate of drug-likeness (QED) is 0.620. The molecular weight excluding hydrogens is 158 g/mol. The predicted octanol–water partition coefficient (Wildman–Crippen LogP) is -0.657. The minimum absolute atomic E-state index is 0.218. The smallest absolute Gasteiger partial charge is 0.281 e. The average molecular weight is 165 g/mol. The fourth-order valence-corrected chi connectivity index (χ4v) is 0.939. The van der Waals surface area contributed by atoms with Crippen LogP contribution in [0.25, 0.3) is 0 Å². The Hall–Kier alpha value is -1.85. The average Bonchev–Trinajstić information content (AvgIpc) is 2.65. The van der Waals surface area contributed by atoms with Gasteiger partial charge in [0.25, 0.3) is 0 Å². The molecule has 2 aromatic rings. The molecule has 0 bridgehead atoms. The first-order valence-electron chi connectivity index (χ1n) is 3.44. The van der Waals surface area contributed by atoms with Crippen molar-refractivity contribution in [2.24, 2.45) is 0 Å². The SMILES string of the molecule is O=c1[nH]ncn1Cc1ccn[nH]1. The number of aromatic nitrogens is 5. The van der Waals surface area contributed by atoms with Gasteiger partial charge in [-0.1, -0.05) is 0 Å². The highest BCUT2D eigenvalue weighted by molar-refractivity contribution is 4.97. The summed E-state index contributed by atoms with van der Waals surface area (Å²) < 4.78 is 1.45. The van der Waals surface area contributed by atoms with E-state index in [1.54, 1.807) is 12.3 Å². The highest BCUT2D eigenvalue weighted by Gasteiger charge is 1.98. The molecule has 0 saturated heterocycles. The summed E-state index contributed by atoms with van der Waals surface area (Å²) in [7, 11) is 0. The maximum Gasteiger partial charge on any atom is 0.343 e. The molecule has 2 heterocycles. The van der Waals surface area contributed by atoms with E-state index < -0.39 is 0 Å². The lowest BCUT2D eigenvalue weighted by Crippen LogP contribution is -2.16. The van der Waals surface area contributed by atoms with E-state index in [1.165, 1.54) is 10.9 Å². The normalized spacial score (nSPS) is 10.3. The molecule has 6 nitrogen and oxygen atoms in total. The molecule has 0 unspecified atom stereocenters. The van der Waals surface area contributed by atoms with Gasteiger partial charge in [0.05, 0.1) is 12.2 Å². The number of nitrogens with one attached hydrogen (secondary N) is 2. The van der Waals surface area contributed by atoms with E-state index in [2.05, 4.69) is 20.4 Å². The molecule has 0 radical (unpaired) electrons. The van der Waals surface area contributed by atoms with Crippen LogP contribution in [0.1, 0.15) is 5.69 Å². The van der Waals surface area contributed by atoms with Crippen molar-refractivity contribution >= 4 is 0 Å². The Kier molecular flexibility index (Phi) is 1.51. The van der Waals surface area contributed by atoms with E-state index in [4.69, 9.17) is 0 Å². The monoisotopic (exact) mass is 165 g/mol. The minimum Gasteiger partial charge on any atom is -0.281 e. The molecule has 0 fully saturated rings. The van der Waals surface area contributed by atoms with Crippen molar-refractivity contribution in [2.75, 3.05) is 0 Å². The molecule has 0 aromatic carbocycles. The highest BCUT2D eigenvalue weighted by Crippen LogP contribution is 1.92. The molecule has 0 aliphatic carbocycles. The van der Waals surface area contributed by atoms with E-state index in [0.29, 0.717) is 6.54 Å². The third-order valence-corrected chi connectivity index (χ3v) is 1.52. The summed E-state index contributed by atoms with van der Waals surface area (Å²) in [4.78, 5) is 11.0.